The minimum absolute atomic E-state index is 0.156. The highest BCUT2D eigenvalue weighted by Crippen LogP contribution is 2.41. The predicted octanol–water partition coefficient (Wildman–Crippen LogP) is 2.49. The molecule has 0 aromatic carbocycles. The fourth-order valence-electron chi connectivity index (χ4n) is 4.27. The van der Waals surface area contributed by atoms with E-state index < -0.39 is 17.3 Å². The quantitative estimate of drug-likeness (QED) is 0.361. The minimum Gasteiger partial charge on any atom is -0.370 e. The van der Waals surface area contributed by atoms with Crippen LogP contribution in [0.1, 0.15) is 32.1 Å². The molecule has 0 saturated carbocycles. The number of hydrogen-bond acceptors (Lipinski definition) is 7. The summed E-state index contributed by atoms with van der Waals surface area (Å²) in [5, 5.41) is 12.2. The van der Waals surface area contributed by atoms with Gasteiger partial charge < -0.3 is 20.7 Å². The van der Waals surface area contributed by atoms with Gasteiger partial charge in [0.15, 0.2) is 5.50 Å². The highest BCUT2D eigenvalue weighted by molar-refractivity contribution is 8.04. The van der Waals surface area contributed by atoms with E-state index >= 15 is 0 Å². The van der Waals surface area contributed by atoms with Gasteiger partial charge in [-0.25, -0.2) is 4.79 Å². The summed E-state index contributed by atoms with van der Waals surface area (Å²) in [4.78, 5) is 26.5. The first-order chi connectivity index (χ1) is 14.5. The number of ether oxygens (including phenoxy) is 1. The average Bonchev–Trinajstić information content (AvgIpc) is 3.37. The zero-order valence-electron chi connectivity index (χ0n) is 17.0. The first-order valence-corrected chi connectivity index (χ1v) is 13.1. The maximum atomic E-state index is 12.7. The Bertz CT molecular complexity index is 729. The molecule has 0 aromatic rings. The summed E-state index contributed by atoms with van der Waals surface area (Å²) in [5.41, 5.74) is 0.981. The average molecular weight is 473 g/mol. The van der Waals surface area contributed by atoms with E-state index in [0.29, 0.717) is 11.7 Å². The minimum atomic E-state index is -0.500. The van der Waals surface area contributed by atoms with Crippen LogP contribution in [0.2, 0.25) is 0 Å². The molecule has 166 valence electrons. The summed E-state index contributed by atoms with van der Waals surface area (Å²) in [5.74, 6) is -0.863. The van der Waals surface area contributed by atoms with E-state index in [4.69, 9.17) is 16.3 Å². The van der Waals surface area contributed by atoms with Crippen molar-refractivity contribution in [2.45, 2.75) is 60.4 Å². The third-order valence-corrected chi connectivity index (χ3v) is 8.65. The highest BCUT2D eigenvalue weighted by atomic mass is 35.5. The molecule has 1 fully saturated rings. The SMILES string of the molecule is CS[C@@H]1CCC2=C(C1)S[C@@H](NC(=O)NC(=O)C1C[C@@H](OC3CCNC3)C=C[C@H]1Cl)N2. The maximum Gasteiger partial charge on any atom is 0.323 e. The number of urea groups is 1. The van der Waals surface area contributed by atoms with E-state index in [1.807, 2.05) is 17.8 Å². The molecule has 0 aromatic heterocycles. The van der Waals surface area contributed by atoms with Gasteiger partial charge in [-0.15, -0.1) is 11.6 Å². The normalized spacial score (nSPS) is 35.7. The maximum absolute atomic E-state index is 12.7. The number of thioether (sulfide) groups is 2. The molecule has 3 amide bonds. The number of carbonyl (C=O) groups is 2. The van der Waals surface area contributed by atoms with Crippen LogP contribution in [-0.2, 0) is 9.53 Å². The molecule has 4 N–H and O–H groups in total. The van der Waals surface area contributed by atoms with Gasteiger partial charge in [-0.3, -0.25) is 10.1 Å². The second-order valence-electron chi connectivity index (χ2n) is 8.07. The van der Waals surface area contributed by atoms with Crippen molar-refractivity contribution in [2.24, 2.45) is 5.92 Å². The smallest absolute Gasteiger partial charge is 0.323 e. The Balaban J connectivity index is 1.24. The standard InChI is InChI=1S/C20H29ClN4O3S2/c1-29-13-3-5-16-17(9-13)30-20(23-16)25-19(27)24-18(26)14-8-11(2-4-15(14)21)28-12-6-7-22-10-12/h2,4,11-15,20,22-23H,3,5-10H2,1H3,(H2,24,25,26,27)/t11-,12?,13+,14?,15+,20+/m0/s1. The zero-order chi connectivity index (χ0) is 21.1. The number of rotatable bonds is 5. The molecule has 10 heteroatoms. The van der Waals surface area contributed by atoms with Crippen LogP contribution in [0.3, 0.4) is 0 Å². The van der Waals surface area contributed by atoms with Gasteiger partial charge in [0.2, 0.25) is 5.91 Å². The molecule has 0 radical (unpaired) electrons. The molecular weight excluding hydrogens is 444 g/mol. The van der Waals surface area contributed by atoms with E-state index in [-0.39, 0.29) is 23.6 Å². The first-order valence-electron chi connectivity index (χ1n) is 10.5. The summed E-state index contributed by atoms with van der Waals surface area (Å²) in [6.45, 7) is 1.78. The first kappa shape index (κ1) is 22.3. The van der Waals surface area contributed by atoms with Crippen LogP contribution in [0.15, 0.2) is 22.8 Å². The van der Waals surface area contributed by atoms with Gasteiger partial charge in [0.25, 0.3) is 0 Å². The molecule has 2 unspecified atom stereocenters. The summed E-state index contributed by atoms with van der Waals surface area (Å²) in [6.07, 6.45) is 10.5. The van der Waals surface area contributed by atoms with E-state index in [2.05, 4.69) is 27.5 Å². The number of carbonyl (C=O) groups excluding carboxylic acids is 2. The van der Waals surface area contributed by atoms with Gasteiger partial charge in [0, 0.05) is 22.4 Å². The second kappa shape index (κ2) is 10.2. The Kier molecular flexibility index (Phi) is 7.57. The monoisotopic (exact) mass is 472 g/mol. The van der Waals surface area contributed by atoms with Crippen LogP contribution in [0.25, 0.3) is 0 Å². The van der Waals surface area contributed by atoms with E-state index in [1.54, 1.807) is 17.8 Å². The van der Waals surface area contributed by atoms with Crippen LogP contribution >= 0.6 is 35.1 Å². The molecule has 4 aliphatic rings. The van der Waals surface area contributed by atoms with Gasteiger partial charge in [-0.1, -0.05) is 23.9 Å². The lowest BCUT2D eigenvalue weighted by atomic mass is 9.91. The third-order valence-electron chi connectivity index (χ3n) is 5.96. The molecule has 1 saturated heterocycles. The van der Waals surface area contributed by atoms with Gasteiger partial charge in [0.05, 0.1) is 23.5 Å². The van der Waals surface area contributed by atoms with Crippen molar-refractivity contribution in [1.82, 2.24) is 21.3 Å². The molecule has 2 heterocycles. The third kappa shape index (κ3) is 5.48. The Hall–Kier alpha value is -0.870. The van der Waals surface area contributed by atoms with Crippen molar-refractivity contribution in [3.63, 3.8) is 0 Å². The Morgan fingerprint density at radius 1 is 1.33 bits per heavy atom. The molecule has 6 atom stereocenters. The lowest BCUT2D eigenvalue weighted by Gasteiger charge is -2.29. The van der Waals surface area contributed by atoms with Gasteiger partial charge in [0.1, 0.15) is 0 Å². The number of hydrogen-bond donors (Lipinski definition) is 4. The van der Waals surface area contributed by atoms with Crippen molar-refractivity contribution in [3.05, 3.63) is 22.8 Å². The number of nitrogens with one attached hydrogen (secondary N) is 4. The molecule has 7 nitrogen and oxygen atoms in total. The predicted molar refractivity (Wildman–Crippen MR) is 122 cm³/mol. The van der Waals surface area contributed by atoms with E-state index in [9.17, 15) is 9.59 Å². The number of allylic oxidation sites excluding steroid dienone is 3. The summed E-state index contributed by atoms with van der Waals surface area (Å²) in [7, 11) is 0. The number of imide groups is 1. The summed E-state index contributed by atoms with van der Waals surface area (Å²) >= 11 is 9.88. The topological polar surface area (TPSA) is 91.5 Å². The van der Waals surface area contributed by atoms with Gasteiger partial charge >= 0.3 is 6.03 Å². The van der Waals surface area contributed by atoms with Crippen LogP contribution < -0.4 is 21.3 Å². The number of amides is 3. The van der Waals surface area contributed by atoms with Crippen LogP contribution in [0.5, 0.6) is 0 Å². The highest BCUT2D eigenvalue weighted by Gasteiger charge is 2.35. The zero-order valence-corrected chi connectivity index (χ0v) is 19.4. The molecule has 30 heavy (non-hydrogen) atoms. The van der Waals surface area contributed by atoms with Crippen LogP contribution in [0, 0.1) is 5.92 Å². The molecule has 0 bridgehead atoms. The van der Waals surface area contributed by atoms with Crippen LogP contribution in [0.4, 0.5) is 4.79 Å². The Labute approximate surface area is 190 Å². The molecule has 2 aliphatic carbocycles. The van der Waals surface area contributed by atoms with Crippen molar-refractivity contribution in [2.75, 3.05) is 19.3 Å². The van der Waals surface area contributed by atoms with Crippen molar-refractivity contribution < 1.29 is 14.3 Å². The summed E-state index contributed by atoms with van der Waals surface area (Å²) < 4.78 is 6.06. The van der Waals surface area contributed by atoms with Crippen LogP contribution in [-0.4, -0.2) is 59.6 Å². The summed E-state index contributed by atoms with van der Waals surface area (Å²) in [6, 6.07) is -0.498. The molecule has 2 aliphatic heterocycles. The molecule has 0 spiro atoms. The largest absolute Gasteiger partial charge is 0.370 e. The molecule has 4 rings (SSSR count). The fourth-order valence-corrected chi connectivity index (χ4v) is 6.62. The Morgan fingerprint density at radius 2 is 2.20 bits per heavy atom. The lowest BCUT2D eigenvalue weighted by Crippen LogP contribution is -2.50. The van der Waals surface area contributed by atoms with Gasteiger partial charge in [-0.05, 0) is 44.9 Å². The Morgan fingerprint density at radius 3 is 2.97 bits per heavy atom. The van der Waals surface area contributed by atoms with Crippen molar-refractivity contribution in [1.29, 1.82) is 0 Å². The van der Waals surface area contributed by atoms with Crippen molar-refractivity contribution >= 4 is 47.1 Å². The van der Waals surface area contributed by atoms with E-state index in [1.165, 1.54) is 10.6 Å². The number of alkyl halides is 1. The van der Waals surface area contributed by atoms with E-state index in [0.717, 1.165) is 38.8 Å². The van der Waals surface area contributed by atoms with Crippen molar-refractivity contribution in [3.8, 4) is 0 Å². The molecular formula is C20H29ClN4O3S2. The lowest BCUT2D eigenvalue weighted by molar-refractivity contribution is -0.125. The number of halogens is 1. The van der Waals surface area contributed by atoms with Gasteiger partial charge in [-0.2, -0.15) is 11.8 Å². The fraction of sp³-hybridized carbons (Fsp3) is 0.700. The second-order valence-corrected chi connectivity index (χ2v) is 10.9.